The Morgan fingerprint density at radius 1 is 1.30 bits per heavy atom. The average molecular weight is 289 g/mol. The van der Waals surface area contributed by atoms with Crippen molar-refractivity contribution >= 4 is 23.5 Å². The average Bonchev–Trinajstić information content (AvgIpc) is 2.79. The number of nitrogens with one attached hydrogen (secondary N) is 1. The molecule has 0 unspecified atom stereocenters. The molecular formula is C15H19N3OS. The van der Waals surface area contributed by atoms with Crippen LogP contribution in [-0.2, 0) is 11.8 Å². The van der Waals surface area contributed by atoms with E-state index < -0.39 is 0 Å². The first-order chi connectivity index (χ1) is 9.54. The molecule has 0 spiro atoms. The number of aromatic nitrogens is 2. The van der Waals surface area contributed by atoms with Gasteiger partial charge < -0.3 is 5.32 Å². The van der Waals surface area contributed by atoms with Crippen molar-refractivity contribution in [3.8, 4) is 0 Å². The van der Waals surface area contributed by atoms with Crippen LogP contribution in [0.4, 0.5) is 5.82 Å². The molecule has 1 N–H and O–H groups in total. The maximum absolute atomic E-state index is 11.8. The van der Waals surface area contributed by atoms with Gasteiger partial charge in [-0.1, -0.05) is 6.07 Å². The zero-order chi connectivity index (χ0) is 14.5. The molecule has 2 rings (SSSR count). The topological polar surface area (TPSA) is 46.9 Å². The van der Waals surface area contributed by atoms with Crippen LogP contribution < -0.4 is 5.32 Å². The number of carbonyl (C=O) groups excluding carboxylic acids is 1. The van der Waals surface area contributed by atoms with Crippen LogP contribution in [-0.4, -0.2) is 21.4 Å². The summed E-state index contributed by atoms with van der Waals surface area (Å²) in [7, 11) is 1.82. The highest BCUT2D eigenvalue weighted by Crippen LogP contribution is 2.21. The Labute approximate surface area is 123 Å². The maximum atomic E-state index is 11.8. The van der Waals surface area contributed by atoms with Gasteiger partial charge in [0.2, 0.25) is 5.91 Å². The van der Waals surface area contributed by atoms with Crippen molar-refractivity contribution in [3.05, 3.63) is 41.6 Å². The lowest BCUT2D eigenvalue weighted by Crippen LogP contribution is -2.12. The quantitative estimate of drug-likeness (QED) is 0.860. The van der Waals surface area contributed by atoms with E-state index in [1.54, 1.807) is 28.7 Å². The van der Waals surface area contributed by atoms with Gasteiger partial charge in [0.1, 0.15) is 0 Å². The number of anilines is 1. The predicted molar refractivity (Wildman–Crippen MR) is 83.1 cm³/mol. The molecule has 0 aliphatic rings. The minimum atomic E-state index is 0.0000311. The van der Waals surface area contributed by atoms with Gasteiger partial charge in [-0.3, -0.25) is 9.48 Å². The summed E-state index contributed by atoms with van der Waals surface area (Å²) in [5.74, 6) is 1.37. The molecule has 20 heavy (non-hydrogen) atoms. The zero-order valence-electron chi connectivity index (χ0n) is 12.0. The first-order valence-electron chi connectivity index (χ1n) is 6.54. The van der Waals surface area contributed by atoms with E-state index in [1.165, 1.54) is 16.0 Å². The molecule has 0 saturated carbocycles. The smallest absolute Gasteiger partial charge is 0.226 e. The number of aryl methyl sites for hydroxylation is 3. The fourth-order valence-corrected chi connectivity index (χ4v) is 2.70. The number of hydrogen-bond donors (Lipinski definition) is 1. The van der Waals surface area contributed by atoms with Gasteiger partial charge in [-0.25, -0.2) is 0 Å². The normalized spacial score (nSPS) is 10.6. The summed E-state index contributed by atoms with van der Waals surface area (Å²) in [6.45, 7) is 4.21. The highest BCUT2D eigenvalue weighted by atomic mass is 32.2. The third kappa shape index (κ3) is 4.13. The first-order valence-corrected chi connectivity index (χ1v) is 7.53. The maximum Gasteiger partial charge on any atom is 0.226 e. The summed E-state index contributed by atoms with van der Waals surface area (Å²) in [6, 6.07) is 8.17. The second kappa shape index (κ2) is 6.61. The Bertz CT molecular complexity index is 607. The summed E-state index contributed by atoms with van der Waals surface area (Å²) >= 11 is 1.70. The van der Waals surface area contributed by atoms with Crippen LogP contribution in [0, 0.1) is 13.8 Å². The van der Waals surface area contributed by atoms with Gasteiger partial charge in [-0.15, -0.1) is 11.8 Å². The fraction of sp³-hybridized carbons (Fsp3) is 0.333. The lowest BCUT2D eigenvalue weighted by molar-refractivity contribution is -0.115. The van der Waals surface area contributed by atoms with Crippen LogP contribution >= 0.6 is 11.8 Å². The standard InChI is InChI=1S/C15H19N3OS/c1-11-4-5-13(10-12(11)2)20-9-7-15(19)16-14-6-8-18(3)17-14/h4-6,8,10H,7,9H2,1-3H3,(H,16,17,19). The van der Waals surface area contributed by atoms with E-state index in [4.69, 9.17) is 0 Å². The molecule has 0 aliphatic carbocycles. The Balaban J connectivity index is 1.77. The minimum absolute atomic E-state index is 0.0000311. The second-order valence-electron chi connectivity index (χ2n) is 4.77. The number of hydrogen-bond acceptors (Lipinski definition) is 3. The van der Waals surface area contributed by atoms with Crippen molar-refractivity contribution in [2.24, 2.45) is 7.05 Å². The van der Waals surface area contributed by atoms with Gasteiger partial charge in [0.05, 0.1) is 0 Å². The van der Waals surface area contributed by atoms with E-state index in [0.717, 1.165) is 5.75 Å². The molecule has 1 heterocycles. The van der Waals surface area contributed by atoms with E-state index >= 15 is 0 Å². The van der Waals surface area contributed by atoms with Gasteiger partial charge in [0, 0.05) is 36.4 Å². The third-order valence-corrected chi connectivity index (χ3v) is 4.05. The molecule has 1 amide bonds. The number of thioether (sulfide) groups is 1. The third-order valence-electron chi connectivity index (χ3n) is 3.06. The molecule has 1 aromatic heterocycles. The van der Waals surface area contributed by atoms with E-state index in [-0.39, 0.29) is 5.91 Å². The van der Waals surface area contributed by atoms with Gasteiger partial charge in [0.25, 0.3) is 0 Å². The number of benzene rings is 1. The monoisotopic (exact) mass is 289 g/mol. The molecule has 4 nitrogen and oxygen atoms in total. The summed E-state index contributed by atoms with van der Waals surface area (Å²) in [4.78, 5) is 13.0. The van der Waals surface area contributed by atoms with Crippen molar-refractivity contribution in [1.82, 2.24) is 9.78 Å². The summed E-state index contributed by atoms with van der Waals surface area (Å²) in [6.07, 6.45) is 2.29. The molecule has 106 valence electrons. The highest BCUT2D eigenvalue weighted by molar-refractivity contribution is 7.99. The highest BCUT2D eigenvalue weighted by Gasteiger charge is 2.05. The summed E-state index contributed by atoms with van der Waals surface area (Å²) in [5.41, 5.74) is 2.58. The molecule has 2 aromatic rings. The Hall–Kier alpha value is -1.75. The SMILES string of the molecule is Cc1ccc(SCCC(=O)Nc2ccn(C)n2)cc1C. The van der Waals surface area contributed by atoms with Crippen molar-refractivity contribution < 1.29 is 4.79 Å². The largest absolute Gasteiger partial charge is 0.309 e. The van der Waals surface area contributed by atoms with Crippen LogP contribution in [0.1, 0.15) is 17.5 Å². The first kappa shape index (κ1) is 14.7. The van der Waals surface area contributed by atoms with Crippen LogP contribution in [0.5, 0.6) is 0 Å². The molecule has 0 bridgehead atoms. The van der Waals surface area contributed by atoms with Crippen LogP contribution in [0.2, 0.25) is 0 Å². The molecular weight excluding hydrogens is 270 g/mol. The molecule has 0 fully saturated rings. The Kier molecular flexibility index (Phi) is 4.84. The van der Waals surface area contributed by atoms with E-state index in [2.05, 4.69) is 42.5 Å². The van der Waals surface area contributed by atoms with Crippen LogP contribution in [0.25, 0.3) is 0 Å². The predicted octanol–water partition coefficient (Wildman–Crippen LogP) is 3.16. The van der Waals surface area contributed by atoms with Gasteiger partial charge in [-0.05, 0) is 37.1 Å². The number of rotatable bonds is 5. The zero-order valence-corrected chi connectivity index (χ0v) is 12.8. The molecule has 0 radical (unpaired) electrons. The van der Waals surface area contributed by atoms with Crippen LogP contribution in [0.3, 0.4) is 0 Å². The number of carbonyl (C=O) groups is 1. The van der Waals surface area contributed by atoms with Gasteiger partial charge in [0.15, 0.2) is 5.82 Å². The molecule has 1 aromatic carbocycles. The van der Waals surface area contributed by atoms with E-state index in [9.17, 15) is 4.79 Å². The second-order valence-corrected chi connectivity index (χ2v) is 5.94. The number of nitrogens with zero attached hydrogens (tertiary/aromatic N) is 2. The van der Waals surface area contributed by atoms with Crippen molar-refractivity contribution in [1.29, 1.82) is 0 Å². The number of amides is 1. The molecule has 5 heteroatoms. The molecule has 0 atom stereocenters. The lowest BCUT2D eigenvalue weighted by Gasteiger charge is -2.05. The Morgan fingerprint density at radius 3 is 2.75 bits per heavy atom. The molecule has 0 saturated heterocycles. The summed E-state index contributed by atoms with van der Waals surface area (Å²) < 4.78 is 1.67. The minimum Gasteiger partial charge on any atom is -0.309 e. The summed E-state index contributed by atoms with van der Waals surface area (Å²) in [5, 5.41) is 6.90. The lowest BCUT2D eigenvalue weighted by atomic mass is 10.1. The van der Waals surface area contributed by atoms with Crippen molar-refractivity contribution in [2.75, 3.05) is 11.1 Å². The van der Waals surface area contributed by atoms with Crippen molar-refractivity contribution in [2.45, 2.75) is 25.2 Å². The van der Waals surface area contributed by atoms with Crippen LogP contribution in [0.15, 0.2) is 35.4 Å². The fourth-order valence-electron chi connectivity index (χ4n) is 1.75. The van der Waals surface area contributed by atoms with Gasteiger partial charge in [-0.2, -0.15) is 5.10 Å². The van der Waals surface area contributed by atoms with Crippen molar-refractivity contribution in [3.63, 3.8) is 0 Å². The Morgan fingerprint density at radius 2 is 2.10 bits per heavy atom. The van der Waals surface area contributed by atoms with E-state index in [0.29, 0.717) is 12.2 Å². The molecule has 0 aliphatic heterocycles. The van der Waals surface area contributed by atoms with E-state index in [1.807, 2.05) is 7.05 Å². The van der Waals surface area contributed by atoms with Gasteiger partial charge >= 0.3 is 0 Å².